The van der Waals surface area contributed by atoms with Crippen LogP contribution in [0.15, 0.2) is 0 Å². The summed E-state index contributed by atoms with van der Waals surface area (Å²) in [7, 11) is 0. The molecule has 1 aliphatic heterocycles. The SMILES string of the molecule is CC1CC(C#N)N(C(C)(C)C)C1. The zero-order valence-electron chi connectivity index (χ0n) is 8.46. The number of hydrogen-bond donors (Lipinski definition) is 0. The van der Waals surface area contributed by atoms with Crippen LogP contribution in [0.25, 0.3) is 0 Å². The Morgan fingerprint density at radius 2 is 2.00 bits per heavy atom. The third-order valence-electron chi connectivity index (χ3n) is 2.52. The van der Waals surface area contributed by atoms with E-state index in [2.05, 4.69) is 38.7 Å². The Labute approximate surface area is 75.2 Å². The molecule has 0 bridgehead atoms. The van der Waals surface area contributed by atoms with Crippen LogP contribution in [0.2, 0.25) is 0 Å². The molecule has 0 amide bonds. The number of nitrogens with zero attached hydrogens (tertiary/aromatic N) is 2. The van der Waals surface area contributed by atoms with Crippen LogP contribution in [-0.2, 0) is 0 Å². The van der Waals surface area contributed by atoms with Gasteiger partial charge in [-0.3, -0.25) is 4.90 Å². The Kier molecular flexibility index (Phi) is 2.44. The Bertz CT molecular complexity index is 197. The van der Waals surface area contributed by atoms with Crippen LogP contribution >= 0.6 is 0 Å². The Morgan fingerprint density at radius 3 is 2.33 bits per heavy atom. The van der Waals surface area contributed by atoms with E-state index in [9.17, 15) is 0 Å². The van der Waals surface area contributed by atoms with Crippen LogP contribution in [0.4, 0.5) is 0 Å². The Morgan fingerprint density at radius 1 is 1.42 bits per heavy atom. The van der Waals surface area contributed by atoms with Gasteiger partial charge >= 0.3 is 0 Å². The van der Waals surface area contributed by atoms with Crippen LogP contribution in [-0.4, -0.2) is 23.0 Å². The molecule has 0 N–H and O–H groups in total. The molecule has 0 radical (unpaired) electrons. The summed E-state index contributed by atoms with van der Waals surface area (Å²) in [5.41, 5.74) is 0.144. The monoisotopic (exact) mass is 166 g/mol. The summed E-state index contributed by atoms with van der Waals surface area (Å²) in [6.45, 7) is 9.82. The van der Waals surface area contributed by atoms with E-state index in [4.69, 9.17) is 5.26 Å². The van der Waals surface area contributed by atoms with E-state index in [-0.39, 0.29) is 11.6 Å². The van der Waals surface area contributed by atoms with Crippen LogP contribution in [0.3, 0.4) is 0 Å². The van der Waals surface area contributed by atoms with E-state index < -0.39 is 0 Å². The zero-order valence-corrected chi connectivity index (χ0v) is 8.46. The number of rotatable bonds is 0. The number of likely N-dealkylation sites (tertiary alicyclic amines) is 1. The normalized spacial score (nSPS) is 31.9. The van der Waals surface area contributed by atoms with Crippen molar-refractivity contribution in [3.63, 3.8) is 0 Å². The van der Waals surface area contributed by atoms with Gasteiger partial charge in [-0.05, 0) is 33.1 Å². The highest BCUT2D eigenvalue weighted by atomic mass is 15.2. The molecule has 0 aromatic rings. The van der Waals surface area contributed by atoms with Gasteiger partial charge < -0.3 is 0 Å². The van der Waals surface area contributed by atoms with Crippen molar-refractivity contribution in [3.05, 3.63) is 0 Å². The lowest BCUT2D eigenvalue weighted by atomic mass is 10.1. The van der Waals surface area contributed by atoms with Crippen molar-refractivity contribution in [1.82, 2.24) is 4.90 Å². The molecule has 2 nitrogen and oxygen atoms in total. The van der Waals surface area contributed by atoms with Crippen LogP contribution in [0.5, 0.6) is 0 Å². The molecule has 68 valence electrons. The van der Waals surface area contributed by atoms with Crippen LogP contribution in [0, 0.1) is 17.2 Å². The molecule has 0 spiro atoms. The van der Waals surface area contributed by atoms with E-state index in [1.807, 2.05) is 0 Å². The highest BCUT2D eigenvalue weighted by molar-refractivity contribution is 5.01. The lowest BCUT2D eigenvalue weighted by Crippen LogP contribution is -2.44. The molecule has 0 aliphatic carbocycles. The third kappa shape index (κ3) is 1.78. The first kappa shape index (κ1) is 9.54. The van der Waals surface area contributed by atoms with Crippen LogP contribution < -0.4 is 0 Å². The summed E-state index contributed by atoms with van der Waals surface area (Å²) in [5, 5.41) is 8.93. The van der Waals surface area contributed by atoms with Crippen molar-refractivity contribution in [3.8, 4) is 6.07 Å². The van der Waals surface area contributed by atoms with E-state index in [0.717, 1.165) is 13.0 Å². The fraction of sp³-hybridized carbons (Fsp3) is 0.900. The van der Waals surface area contributed by atoms with Crippen molar-refractivity contribution in [2.75, 3.05) is 6.54 Å². The lowest BCUT2D eigenvalue weighted by Gasteiger charge is -2.34. The third-order valence-corrected chi connectivity index (χ3v) is 2.52. The minimum atomic E-state index is 0.139. The quantitative estimate of drug-likeness (QED) is 0.550. The number of hydrogen-bond acceptors (Lipinski definition) is 2. The molecular weight excluding hydrogens is 148 g/mol. The van der Waals surface area contributed by atoms with Gasteiger partial charge in [-0.25, -0.2) is 0 Å². The van der Waals surface area contributed by atoms with E-state index in [0.29, 0.717) is 5.92 Å². The maximum Gasteiger partial charge on any atom is 0.0985 e. The predicted molar refractivity (Wildman–Crippen MR) is 49.6 cm³/mol. The standard InChI is InChI=1S/C10H18N2/c1-8-5-9(6-11)12(7-8)10(2,3)4/h8-9H,5,7H2,1-4H3. The van der Waals surface area contributed by atoms with Gasteiger partial charge in [-0.15, -0.1) is 0 Å². The molecular formula is C10H18N2. The zero-order chi connectivity index (χ0) is 9.35. The number of nitriles is 1. The first-order valence-corrected chi connectivity index (χ1v) is 4.61. The molecule has 2 heteroatoms. The molecule has 1 fully saturated rings. The summed E-state index contributed by atoms with van der Waals surface area (Å²) >= 11 is 0. The average molecular weight is 166 g/mol. The largest absolute Gasteiger partial charge is 0.283 e. The van der Waals surface area contributed by atoms with Crippen LogP contribution in [0.1, 0.15) is 34.1 Å². The van der Waals surface area contributed by atoms with Crippen molar-refractivity contribution < 1.29 is 0 Å². The second-order valence-corrected chi connectivity index (χ2v) is 4.81. The van der Waals surface area contributed by atoms with Crippen molar-refractivity contribution in [2.45, 2.75) is 45.7 Å². The van der Waals surface area contributed by atoms with E-state index in [1.54, 1.807) is 0 Å². The molecule has 1 heterocycles. The van der Waals surface area contributed by atoms with Gasteiger partial charge in [0.05, 0.1) is 12.1 Å². The van der Waals surface area contributed by atoms with Crippen molar-refractivity contribution >= 4 is 0 Å². The summed E-state index contributed by atoms with van der Waals surface area (Å²) in [6.07, 6.45) is 1.04. The van der Waals surface area contributed by atoms with Crippen molar-refractivity contribution in [1.29, 1.82) is 5.26 Å². The van der Waals surface area contributed by atoms with Gasteiger partial charge in [-0.2, -0.15) is 5.26 Å². The van der Waals surface area contributed by atoms with Gasteiger partial charge in [0.2, 0.25) is 0 Å². The molecule has 1 rings (SSSR count). The molecule has 12 heavy (non-hydrogen) atoms. The highest BCUT2D eigenvalue weighted by Gasteiger charge is 2.36. The predicted octanol–water partition coefficient (Wildman–Crippen LogP) is 2.02. The minimum absolute atomic E-state index is 0.139. The van der Waals surface area contributed by atoms with Gasteiger partial charge in [0.1, 0.15) is 0 Å². The fourth-order valence-electron chi connectivity index (χ4n) is 1.91. The lowest BCUT2D eigenvalue weighted by molar-refractivity contribution is 0.143. The first-order chi connectivity index (χ1) is 5.45. The molecule has 2 unspecified atom stereocenters. The van der Waals surface area contributed by atoms with E-state index in [1.165, 1.54) is 0 Å². The molecule has 0 saturated carbocycles. The van der Waals surface area contributed by atoms with Gasteiger partial charge in [0, 0.05) is 12.1 Å². The summed E-state index contributed by atoms with van der Waals surface area (Å²) in [6, 6.07) is 2.52. The topological polar surface area (TPSA) is 27.0 Å². The Hall–Kier alpha value is -0.550. The average Bonchev–Trinajstić information content (AvgIpc) is 2.29. The molecule has 0 aromatic heterocycles. The minimum Gasteiger partial charge on any atom is -0.283 e. The van der Waals surface area contributed by atoms with Crippen molar-refractivity contribution in [2.24, 2.45) is 5.92 Å². The first-order valence-electron chi connectivity index (χ1n) is 4.61. The smallest absolute Gasteiger partial charge is 0.0985 e. The second-order valence-electron chi connectivity index (χ2n) is 4.81. The maximum atomic E-state index is 8.93. The fourth-order valence-corrected chi connectivity index (χ4v) is 1.91. The summed E-state index contributed by atoms with van der Waals surface area (Å²) < 4.78 is 0. The maximum absolute atomic E-state index is 8.93. The molecule has 2 atom stereocenters. The molecule has 0 aromatic carbocycles. The second kappa shape index (κ2) is 3.06. The van der Waals surface area contributed by atoms with Gasteiger partial charge in [0.25, 0.3) is 0 Å². The van der Waals surface area contributed by atoms with Gasteiger partial charge in [0.15, 0.2) is 0 Å². The molecule has 1 saturated heterocycles. The Balaban J connectivity index is 2.72. The van der Waals surface area contributed by atoms with Gasteiger partial charge in [-0.1, -0.05) is 6.92 Å². The summed E-state index contributed by atoms with van der Waals surface area (Å²) in [5.74, 6) is 0.675. The molecule has 1 aliphatic rings. The highest BCUT2D eigenvalue weighted by Crippen LogP contribution is 2.29. The summed E-state index contributed by atoms with van der Waals surface area (Å²) in [4.78, 5) is 2.30. The van der Waals surface area contributed by atoms with E-state index >= 15 is 0 Å².